The van der Waals surface area contributed by atoms with Crippen molar-refractivity contribution in [1.29, 1.82) is 0 Å². The van der Waals surface area contributed by atoms with Crippen LogP contribution in [0.3, 0.4) is 0 Å². The zero-order chi connectivity index (χ0) is 22.2. The molecule has 0 unspecified atom stereocenters. The zero-order valence-corrected chi connectivity index (χ0v) is 17.2. The van der Waals surface area contributed by atoms with E-state index in [2.05, 4.69) is 10.3 Å². The third-order valence-electron chi connectivity index (χ3n) is 4.63. The van der Waals surface area contributed by atoms with Gasteiger partial charge in [-0.15, -0.1) is 0 Å². The second-order valence-electron chi connectivity index (χ2n) is 7.02. The largest absolute Gasteiger partial charge is 0.489 e. The minimum Gasteiger partial charge on any atom is -0.489 e. The predicted molar refractivity (Wildman–Crippen MR) is 120 cm³/mol. The summed E-state index contributed by atoms with van der Waals surface area (Å²) < 4.78 is 25.1. The molecular weight excluding hydrogens is 407 g/mol. The van der Waals surface area contributed by atoms with Crippen molar-refractivity contribution in [3.63, 3.8) is 0 Å². The number of hydrogen-bond acceptors (Lipinski definition) is 4. The molecule has 32 heavy (non-hydrogen) atoms. The zero-order valence-electron chi connectivity index (χ0n) is 17.2. The molecule has 5 nitrogen and oxygen atoms in total. The Morgan fingerprint density at radius 1 is 0.812 bits per heavy atom. The van der Waals surface area contributed by atoms with Crippen LogP contribution in [0.2, 0.25) is 0 Å². The number of carbonyl (C=O) groups excluding carboxylic acids is 1. The van der Waals surface area contributed by atoms with Gasteiger partial charge in [-0.25, -0.2) is 9.37 Å². The lowest BCUT2D eigenvalue weighted by molar-refractivity contribution is 0.102. The highest BCUT2D eigenvalue weighted by Gasteiger charge is 2.16. The number of anilines is 1. The first kappa shape index (κ1) is 21.1. The van der Waals surface area contributed by atoms with Gasteiger partial charge in [-0.3, -0.25) is 4.79 Å². The molecule has 1 N–H and O–H groups in total. The van der Waals surface area contributed by atoms with Crippen LogP contribution >= 0.6 is 0 Å². The molecule has 0 spiro atoms. The van der Waals surface area contributed by atoms with Gasteiger partial charge in [0.2, 0.25) is 0 Å². The molecule has 1 heterocycles. The molecule has 0 saturated carbocycles. The van der Waals surface area contributed by atoms with E-state index in [0.29, 0.717) is 35.1 Å². The van der Waals surface area contributed by atoms with Crippen molar-refractivity contribution in [2.75, 3.05) is 5.32 Å². The number of benzene rings is 3. The maximum atomic E-state index is 13.4. The van der Waals surface area contributed by atoms with Gasteiger partial charge in [0.25, 0.3) is 5.91 Å². The summed E-state index contributed by atoms with van der Waals surface area (Å²) >= 11 is 0. The fraction of sp³-hybridized carbons (Fsp3) is 0.0769. The smallest absolute Gasteiger partial charge is 0.260 e. The summed E-state index contributed by atoms with van der Waals surface area (Å²) in [6.07, 6.45) is 1.60. The molecule has 0 bridgehead atoms. The topological polar surface area (TPSA) is 60.5 Å². The molecule has 1 amide bonds. The average molecular weight is 428 g/mol. The third-order valence-corrected chi connectivity index (χ3v) is 4.63. The molecule has 4 rings (SSSR count). The van der Waals surface area contributed by atoms with Crippen LogP contribution in [0, 0.1) is 5.82 Å². The number of hydrogen-bond donors (Lipinski definition) is 1. The minimum atomic E-state index is -0.372. The number of amides is 1. The summed E-state index contributed by atoms with van der Waals surface area (Å²) in [6.45, 7) is 0.484. The van der Waals surface area contributed by atoms with Crippen LogP contribution in [0.25, 0.3) is 0 Å². The summed E-state index contributed by atoms with van der Waals surface area (Å²) in [6, 6.07) is 26.1. The molecular formula is C26H21FN2O3. The summed E-state index contributed by atoms with van der Waals surface area (Å²) in [5.41, 5.74) is 1.98. The van der Waals surface area contributed by atoms with Crippen molar-refractivity contribution in [3.8, 4) is 11.5 Å². The molecule has 160 valence electrons. The van der Waals surface area contributed by atoms with Gasteiger partial charge in [0.15, 0.2) is 0 Å². The van der Waals surface area contributed by atoms with Gasteiger partial charge in [0.05, 0.1) is 5.56 Å². The van der Waals surface area contributed by atoms with Crippen LogP contribution in [0.4, 0.5) is 10.2 Å². The SMILES string of the molecule is O=C(Nc1ccccn1)c1cc(OCc2cccc(F)c2)ccc1OCc1ccccc1. The number of nitrogens with zero attached hydrogens (tertiary/aromatic N) is 1. The fourth-order valence-corrected chi connectivity index (χ4v) is 3.05. The van der Waals surface area contributed by atoms with Gasteiger partial charge in [0, 0.05) is 6.20 Å². The molecule has 0 aliphatic rings. The van der Waals surface area contributed by atoms with Crippen LogP contribution in [-0.4, -0.2) is 10.9 Å². The van der Waals surface area contributed by atoms with Crippen molar-refractivity contribution in [1.82, 2.24) is 4.98 Å². The standard InChI is InChI=1S/C26H21FN2O3/c27-21-10-6-9-20(15-21)18-31-22-12-13-24(32-17-19-7-2-1-3-8-19)23(16-22)26(30)29-25-11-4-5-14-28-25/h1-16H,17-18H2,(H,28,29,30). The first-order valence-corrected chi connectivity index (χ1v) is 10.1. The molecule has 0 radical (unpaired) electrons. The maximum Gasteiger partial charge on any atom is 0.260 e. The Morgan fingerprint density at radius 3 is 2.38 bits per heavy atom. The van der Waals surface area contributed by atoms with Crippen LogP contribution in [0.1, 0.15) is 21.5 Å². The number of aromatic nitrogens is 1. The van der Waals surface area contributed by atoms with Gasteiger partial charge in [0.1, 0.15) is 36.3 Å². The van der Waals surface area contributed by atoms with Crippen LogP contribution in [0.15, 0.2) is 97.2 Å². The highest BCUT2D eigenvalue weighted by molar-refractivity contribution is 6.06. The summed E-state index contributed by atoms with van der Waals surface area (Å²) in [5, 5.41) is 2.77. The Balaban J connectivity index is 1.54. The number of halogens is 1. The Bertz CT molecular complexity index is 1180. The number of ether oxygens (including phenoxy) is 2. The lowest BCUT2D eigenvalue weighted by atomic mass is 10.1. The van der Waals surface area contributed by atoms with Crippen LogP contribution in [0.5, 0.6) is 11.5 Å². The molecule has 0 atom stereocenters. The molecule has 3 aromatic carbocycles. The van der Waals surface area contributed by atoms with E-state index in [1.54, 1.807) is 54.7 Å². The van der Waals surface area contributed by atoms with E-state index in [1.807, 2.05) is 30.3 Å². The Hall–Kier alpha value is -4.19. The number of carbonyl (C=O) groups is 1. The number of pyridine rings is 1. The van der Waals surface area contributed by atoms with Crippen LogP contribution in [-0.2, 0) is 13.2 Å². The van der Waals surface area contributed by atoms with Gasteiger partial charge in [-0.05, 0) is 53.6 Å². The third kappa shape index (κ3) is 5.70. The van der Waals surface area contributed by atoms with Gasteiger partial charge in [-0.2, -0.15) is 0 Å². The normalized spacial score (nSPS) is 10.4. The van der Waals surface area contributed by atoms with E-state index in [1.165, 1.54) is 12.1 Å². The highest BCUT2D eigenvalue weighted by Crippen LogP contribution is 2.27. The Kier molecular flexibility index (Phi) is 6.72. The molecule has 0 fully saturated rings. The highest BCUT2D eigenvalue weighted by atomic mass is 19.1. The van der Waals surface area contributed by atoms with E-state index >= 15 is 0 Å². The van der Waals surface area contributed by atoms with E-state index in [9.17, 15) is 9.18 Å². The van der Waals surface area contributed by atoms with E-state index in [0.717, 1.165) is 5.56 Å². The van der Waals surface area contributed by atoms with Crippen molar-refractivity contribution in [2.24, 2.45) is 0 Å². The van der Waals surface area contributed by atoms with Gasteiger partial charge < -0.3 is 14.8 Å². The first-order chi connectivity index (χ1) is 15.7. The monoisotopic (exact) mass is 428 g/mol. The molecule has 4 aromatic rings. The summed E-state index contributed by atoms with van der Waals surface area (Å²) in [7, 11) is 0. The second kappa shape index (κ2) is 10.2. The molecule has 0 aliphatic heterocycles. The van der Waals surface area contributed by atoms with Crippen molar-refractivity contribution in [2.45, 2.75) is 13.2 Å². The van der Waals surface area contributed by atoms with Crippen LogP contribution < -0.4 is 14.8 Å². The molecule has 0 saturated heterocycles. The summed E-state index contributed by atoms with van der Waals surface area (Å²) in [5.74, 6) is 0.611. The lowest BCUT2D eigenvalue weighted by Crippen LogP contribution is -2.15. The molecule has 0 aliphatic carbocycles. The van der Waals surface area contributed by atoms with E-state index in [4.69, 9.17) is 9.47 Å². The lowest BCUT2D eigenvalue weighted by Gasteiger charge is -2.14. The van der Waals surface area contributed by atoms with Gasteiger partial charge >= 0.3 is 0 Å². The predicted octanol–water partition coefficient (Wildman–Crippen LogP) is 5.63. The molecule has 6 heteroatoms. The molecule has 1 aromatic heterocycles. The summed E-state index contributed by atoms with van der Waals surface area (Å²) in [4.78, 5) is 17.1. The fourth-order valence-electron chi connectivity index (χ4n) is 3.05. The second-order valence-corrected chi connectivity index (χ2v) is 7.02. The minimum absolute atomic E-state index is 0.170. The Morgan fingerprint density at radius 2 is 1.59 bits per heavy atom. The maximum absolute atomic E-state index is 13.4. The van der Waals surface area contributed by atoms with Gasteiger partial charge in [-0.1, -0.05) is 48.5 Å². The quantitative estimate of drug-likeness (QED) is 0.395. The first-order valence-electron chi connectivity index (χ1n) is 10.1. The average Bonchev–Trinajstić information content (AvgIpc) is 2.83. The van der Waals surface area contributed by atoms with Crippen molar-refractivity contribution >= 4 is 11.7 Å². The van der Waals surface area contributed by atoms with Crippen molar-refractivity contribution < 1.29 is 18.7 Å². The number of nitrogens with one attached hydrogen (secondary N) is 1. The Labute approximate surface area is 185 Å². The van der Waals surface area contributed by atoms with Crippen molar-refractivity contribution in [3.05, 3.63) is 120 Å². The number of rotatable bonds is 8. The van der Waals surface area contributed by atoms with E-state index < -0.39 is 0 Å². The van der Waals surface area contributed by atoms with E-state index in [-0.39, 0.29) is 18.3 Å².